The summed E-state index contributed by atoms with van der Waals surface area (Å²) in [6, 6.07) is 0. The Morgan fingerprint density at radius 2 is 2.17 bits per heavy atom. The van der Waals surface area contributed by atoms with E-state index in [-0.39, 0.29) is 5.56 Å². The van der Waals surface area contributed by atoms with E-state index in [1.807, 2.05) is 13.8 Å². The van der Waals surface area contributed by atoms with Crippen molar-refractivity contribution < 1.29 is 0 Å². The van der Waals surface area contributed by atoms with Crippen LogP contribution >= 0.6 is 11.3 Å². The van der Waals surface area contributed by atoms with Crippen LogP contribution in [-0.2, 0) is 13.0 Å². The minimum absolute atomic E-state index is 0.00301. The molecule has 0 fully saturated rings. The first-order chi connectivity index (χ1) is 8.60. The van der Waals surface area contributed by atoms with Crippen LogP contribution in [0, 0.1) is 26.2 Å². The van der Waals surface area contributed by atoms with Crippen molar-refractivity contribution in [3.63, 3.8) is 0 Å². The highest BCUT2D eigenvalue weighted by atomic mass is 32.1. The van der Waals surface area contributed by atoms with Gasteiger partial charge in [-0.3, -0.25) is 9.36 Å². The fourth-order valence-corrected chi connectivity index (χ4v) is 3.08. The van der Waals surface area contributed by atoms with Crippen LogP contribution in [0.4, 0.5) is 0 Å². The highest BCUT2D eigenvalue weighted by Gasteiger charge is 2.15. The van der Waals surface area contributed by atoms with Crippen LogP contribution in [0.1, 0.15) is 29.6 Å². The van der Waals surface area contributed by atoms with Crippen molar-refractivity contribution in [1.29, 1.82) is 0 Å². The van der Waals surface area contributed by atoms with E-state index in [4.69, 9.17) is 6.42 Å². The third kappa shape index (κ3) is 1.95. The van der Waals surface area contributed by atoms with Gasteiger partial charge < -0.3 is 0 Å². The summed E-state index contributed by atoms with van der Waals surface area (Å²) in [6.45, 7) is 6.36. The third-order valence-electron chi connectivity index (χ3n) is 3.09. The van der Waals surface area contributed by atoms with Crippen LogP contribution in [-0.4, -0.2) is 9.55 Å². The van der Waals surface area contributed by atoms with E-state index in [1.165, 1.54) is 0 Å². The second-order valence-electron chi connectivity index (χ2n) is 4.34. The number of thiophene rings is 1. The topological polar surface area (TPSA) is 34.9 Å². The quantitative estimate of drug-likeness (QED) is 0.795. The maximum Gasteiger partial charge on any atom is 0.263 e. The van der Waals surface area contributed by atoms with Crippen molar-refractivity contribution in [3.8, 4) is 12.3 Å². The molecule has 0 aliphatic carbocycles. The Bertz CT molecular complexity index is 688. The molecule has 0 N–H and O–H groups in total. The highest BCUT2D eigenvalue weighted by Crippen LogP contribution is 2.26. The standard InChI is InChI=1S/C14H16N2OS/c1-5-7-11-15-13-12(9(3)10(4)18-13)14(17)16(11)8-6-2/h2H,5,7-8H2,1,3-4H3. The van der Waals surface area contributed by atoms with Gasteiger partial charge in [-0.05, 0) is 25.8 Å². The number of nitrogens with zero attached hydrogens (tertiary/aromatic N) is 2. The predicted octanol–water partition coefficient (Wildman–Crippen LogP) is 2.66. The normalized spacial score (nSPS) is 10.8. The fraction of sp³-hybridized carbons (Fsp3) is 0.429. The van der Waals surface area contributed by atoms with Crippen molar-refractivity contribution in [1.82, 2.24) is 9.55 Å². The Kier molecular flexibility index (Phi) is 3.53. The Hall–Kier alpha value is -1.60. The lowest BCUT2D eigenvalue weighted by molar-refractivity contribution is 0.686. The van der Waals surface area contributed by atoms with E-state index in [0.29, 0.717) is 6.54 Å². The van der Waals surface area contributed by atoms with Gasteiger partial charge in [-0.15, -0.1) is 17.8 Å². The molecule has 0 unspecified atom stereocenters. The van der Waals surface area contributed by atoms with Gasteiger partial charge in [-0.25, -0.2) is 4.98 Å². The Morgan fingerprint density at radius 3 is 2.78 bits per heavy atom. The van der Waals surface area contributed by atoms with Gasteiger partial charge in [-0.1, -0.05) is 12.8 Å². The zero-order valence-electron chi connectivity index (χ0n) is 10.9. The molecule has 94 valence electrons. The third-order valence-corrected chi connectivity index (χ3v) is 4.19. The second-order valence-corrected chi connectivity index (χ2v) is 5.54. The van der Waals surface area contributed by atoms with Crippen LogP contribution in [0.2, 0.25) is 0 Å². The summed E-state index contributed by atoms with van der Waals surface area (Å²) in [7, 11) is 0. The monoisotopic (exact) mass is 260 g/mol. The summed E-state index contributed by atoms with van der Waals surface area (Å²) in [4.78, 5) is 19.1. The van der Waals surface area contributed by atoms with Gasteiger partial charge in [0, 0.05) is 11.3 Å². The Balaban J connectivity index is 2.82. The van der Waals surface area contributed by atoms with Crippen LogP contribution < -0.4 is 5.56 Å². The van der Waals surface area contributed by atoms with Gasteiger partial charge in [0.25, 0.3) is 5.56 Å². The minimum Gasteiger partial charge on any atom is -0.284 e. The molecule has 2 heterocycles. The van der Waals surface area contributed by atoms with E-state index in [0.717, 1.165) is 39.3 Å². The molecule has 0 atom stereocenters. The fourth-order valence-electron chi connectivity index (χ4n) is 2.04. The summed E-state index contributed by atoms with van der Waals surface area (Å²) in [6.07, 6.45) is 7.08. The number of fused-ring (bicyclic) bond motifs is 1. The molecule has 3 nitrogen and oxygen atoms in total. The molecule has 2 aromatic rings. The molecule has 2 rings (SSSR count). The molecular weight excluding hydrogens is 244 g/mol. The van der Waals surface area contributed by atoms with E-state index < -0.39 is 0 Å². The Labute approximate surface area is 110 Å². The number of terminal acetylenes is 1. The minimum atomic E-state index is 0.00301. The van der Waals surface area contributed by atoms with Crippen molar-refractivity contribution in [2.75, 3.05) is 0 Å². The number of aryl methyl sites for hydroxylation is 3. The molecular formula is C14H16N2OS. The zero-order chi connectivity index (χ0) is 13.3. The molecule has 0 saturated carbocycles. The van der Waals surface area contributed by atoms with Gasteiger partial charge in [-0.2, -0.15) is 0 Å². The van der Waals surface area contributed by atoms with Gasteiger partial charge in [0.05, 0.1) is 11.9 Å². The van der Waals surface area contributed by atoms with E-state index in [1.54, 1.807) is 15.9 Å². The lowest BCUT2D eigenvalue weighted by atomic mass is 10.2. The number of hydrogen-bond donors (Lipinski definition) is 0. The molecule has 18 heavy (non-hydrogen) atoms. The SMILES string of the molecule is C#CCn1c(CCC)nc2sc(C)c(C)c2c1=O. The van der Waals surface area contributed by atoms with Gasteiger partial charge >= 0.3 is 0 Å². The molecule has 0 aliphatic rings. The van der Waals surface area contributed by atoms with Crippen LogP contribution in [0.25, 0.3) is 10.2 Å². The van der Waals surface area contributed by atoms with Crippen LogP contribution in [0.15, 0.2) is 4.79 Å². The summed E-state index contributed by atoms with van der Waals surface area (Å²) < 4.78 is 1.63. The van der Waals surface area contributed by atoms with Crippen molar-refractivity contribution >= 4 is 21.6 Å². The molecule has 0 aliphatic heterocycles. The first kappa shape index (κ1) is 12.8. The lowest BCUT2D eigenvalue weighted by Crippen LogP contribution is -2.25. The van der Waals surface area contributed by atoms with Crippen LogP contribution in [0.5, 0.6) is 0 Å². The lowest BCUT2D eigenvalue weighted by Gasteiger charge is -2.08. The van der Waals surface area contributed by atoms with E-state index >= 15 is 0 Å². The average molecular weight is 260 g/mol. The van der Waals surface area contributed by atoms with E-state index in [9.17, 15) is 4.79 Å². The molecule has 0 aromatic carbocycles. The second kappa shape index (κ2) is 4.95. The number of hydrogen-bond acceptors (Lipinski definition) is 3. The van der Waals surface area contributed by atoms with Crippen molar-refractivity contribution in [2.45, 2.75) is 40.2 Å². The Morgan fingerprint density at radius 1 is 1.44 bits per heavy atom. The maximum atomic E-state index is 12.5. The highest BCUT2D eigenvalue weighted by molar-refractivity contribution is 7.18. The zero-order valence-corrected chi connectivity index (χ0v) is 11.7. The van der Waals surface area contributed by atoms with Crippen LogP contribution in [0.3, 0.4) is 0 Å². The average Bonchev–Trinajstić information content (AvgIpc) is 2.60. The van der Waals surface area contributed by atoms with Crippen molar-refractivity contribution in [2.24, 2.45) is 0 Å². The molecule has 4 heteroatoms. The molecule has 0 spiro atoms. The van der Waals surface area contributed by atoms with Crippen molar-refractivity contribution in [3.05, 3.63) is 26.6 Å². The maximum absolute atomic E-state index is 12.5. The first-order valence-corrected chi connectivity index (χ1v) is 6.84. The number of rotatable bonds is 3. The van der Waals surface area contributed by atoms with Gasteiger partial charge in [0.1, 0.15) is 10.7 Å². The summed E-state index contributed by atoms with van der Waals surface area (Å²) in [5, 5.41) is 0.729. The molecule has 0 saturated heterocycles. The first-order valence-electron chi connectivity index (χ1n) is 6.03. The smallest absolute Gasteiger partial charge is 0.263 e. The van der Waals surface area contributed by atoms with E-state index in [2.05, 4.69) is 17.8 Å². The number of aromatic nitrogens is 2. The molecule has 0 radical (unpaired) electrons. The summed E-state index contributed by atoms with van der Waals surface area (Å²) in [5.74, 6) is 3.34. The molecule has 2 aromatic heterocycles. The molecule has 0 amide bonds. The molecule has 0 bridgehead atoms. The van der Waals surface area contributed by atoms with Gasteiger partial charge in [0.15, 0.2) is 0 Å². The predicted molar refractivity (Wildman–Crippen MR) is 76.2 cm³/mol. The van der Waals surface area contributed by atoms with Gasteiger partial charge in [0.2, 0.25) is 0 Å². The summed E-state index contributed by atoms with van der Waals surface area (Å²) >= 11 is 1.58. The summed E-state index contributed by atoms with van der Waals surface area (Å²) in [5.41, 5.74) is 1.03. The largest absolute Gasteiger partial charge is 0.284 e.